The highest BCUT2D eigenvalue weighted by atomic mass is 16.5. The maximum Gasteiger partial charge on any atom is 0.226 e. The van der Waals surface area contributed by atoms with Gasteiger partial charge in [0.15, 0.2) is 0 Å². The van der Waals surface area contributed by atoms with Crippen LogP contribution in [0.25, 0.3) is 0 Å². The lowest BCUT2D eigenvalue weighted by atomic mass is 9.89. The fourth-order valence-electron chi connectivity index (χ4n) is 4.12. The number of allylic oxidation sites excluding steroid dienone is 1. The zero-order chi connectivity index (χ0) is 17.2. The zero-order valence-electron chi connectivity index (χ0n) is 14.8. The number of hydrogen-bond donors (Lipinski definition) is 0. The van der Waals surface area contributed by atoms with Gasteiger partial charge in [0, 0.05) is 38.5 Å². The Morgan fingerprint density at radius 3 is 2.62 bits per heavy atom. The van der Waals surface area contributed by atoms with Crippen molar-refractivity contribution in [3.8, 4) is 0 Å². The third-order valence-corrected chi connectivity index (χ3v) is 5.91. The van der Waals surface area contributed by atoms with E-state index < -0.39 is 0 Å². The van der Waals surface area contributed by atoms with Gasteiger partial charge in [0.1, 0.15) is 0 Å². The smallest absolute Gasteiger partial charge is 0.226 e. The van der Waals surface area contributed by atoms with Gasteiger partial charge in [-0.15, -0.1) is 6.58 Å². The third-order valence-electron chi connectivity index (χ3n) is 5.91. The molecule has 5 nitrogen and oxygen atoms in total. The summed E-state index contributed by atoms with van der Waals surface area (Å²) < 4.78 is 6.10. The van der Waals surface area contributed by atoms with E-state index >= 15 is 0 Å². The van der Waals surface area contributed by atoms with Gasteiger partial charge < -0.3 is 14.5 Å². The first-order chi connectivity index (χ1) is 11.6. The topological polar surface area (TPSA) is 49.9 Å². The van der Waals surface area contributed by atoms with E-state index in [1.54, 1.807) is 6.08 Å². The number of carbonyl (C=O) groups excluding carboxylic acids is 2. The normalized spacial score (nSPS) is 28.7. The average molecular weight is 334 g/mol. The molecule has 0 N–H and O–H groups in total. The van der Waals surface area contributed by atoms with Crippen molar-refractivity contribution >= 4 is 11.8 Å². The molecule has 0 aromatic heterocycles. The Kier molecular flexibility index (Phi) is 5.28. The summed E-state index contributed by atoms with van der Waals surface area (Å²) in [6.07, 6.45) is 6.90. The number of ether oxygens (including phenoxy) is 1. The Hall–Kier alpha value is -1.36. The van der Waals surface area contributed by atoms with Crippen LogP contribution >= 0.6 is 0 Å². The minimum absolute atomic E-state index is 0.206. The number of likely N-dealkylation sites (tertiary alicyclic amines) is 1. The van der Waals surface area contributed by atoms with Gasteiger partial charge >= 0.3 is 0 Å². The van der Waals surface area contributed by atoms with Crippen molar-refractivity contribution in [1.29, 1.82) is 0 Å². The van der Waals surface area contributed by atoms with E-state index in [1.807, 2.05) is 9.80 Å². The second-order valence-corrected chi connectivity index (χ2v) is 7.51. The van der Waals surface area contributed by atoms with E-state index in [9.17, 15) is 9.59 Å². The Morgan fingerprint density at radius 2 is 2.00 bits per heavy atom. The largest absolute Gasteiger partial charge is 0.371 e. The van der Waals surface area contributed by atoms with Crippen molar-refractivity contribution in [3.63, 3.8) is 0 Å². The summed E-state index contributed by atoms with van der Waals surface area (Å²) >= 11 is 0. The monoisotopic (exact) mass is 334 g/mol. The number of piperidine rings is 1. The Labute approximate surface area is 145 Å². The van der Waals surface area contributed by atoms with Crippen molar-refractivity contribution in [2.24, 2.45) is 11.8 Å². The first-order valence-corrected chi connectivity index (χ1v) is 9.40. The maximum atomic E-state index is 12.6. The molecule has 3 aliphatic rings. The van der Waals surface area contributed by atoms with Crippen LogP contribution in [0.1, 0.15) is 45.4 Å². The molecule has 0 aromatic carbocycles. The van der Waals surface area contributed by atoms with E-state index in [2.05, 4.69) is 13.5 Å². The summed E-state index contributed by atoms with van der Waals surface area (Å²) in [6, 6.07) is 0. The molecular formula is C19H30N2O3. The van der Waals surface area contributed by atoms with Crippen LogP contribution < -0.4 is 0 Å². The van der Waals surface area contributed by atoms with Crippen LogP contribution in [-0.4, -0.2) is 60.0 Å². The van der Waals surface area contributed by atoms with Gasteiger partial charge in [-0.1, -0.05) is 19.4 Å². The lowest BCUT2D eigenvalue weighted by molar-refractivity contribution is -0.164. The Balaban J connectivity index is 1.52. The van der Waals surface area contributed by atoms with Crippen molar-refractivity contribution < 1.29 is 14.3 Å². The average Bonchev–Trinajstić information content (AvgIpc) is 3.39. The number of nitrogens with zero attached hydrogens (tertiary/aromatic N) is 2. The molecule has 1 saturated carbocycles. The van der Waals surface area contributed by atoms with Crippen LogP contribution in [0.3, 0.4) is 0 Å². The molecule has 2 saturated heterocycles. The first-order valence-electron chi connectivity index (χ1n) is 9.40. The fraction of sp³-hybridized carbons (Fsp3) is 0.789. The predicted octanol–water partition coefficient (Wildman–Crippen LogP) is 2.22. The number of morpholine rings is 1. The molecule has 1 aliphatic carbocycles. The number of amides is 2. The van der Waals surface area contributed by atoms with Crippen LogP contribution in [-0.2, 0) is 14.3 Å². The molecule has 2 atom stereocenters. The second-order valence-electron chi connectivity index (χ2n) is 7.51. The van der Waals surface area contributed by atoms with E-state index in [4.69, 9.17) is 4.74 Å². The van der Waals surface area contributed by atoms with Gasteiger partial charge in [0.25, 0.3) is 0 Å². The van der Waals surface area contributed by atoms with Gasteiger partial charge in [-0.2, -0.15) is 0 Å². The number of carbonyl (C=O) groups is 2. The predicted molar refractivity (Wildman–Crippen MR) is 92.4 cm³/mol. The van der Waals surface area contributed by atoms with Gasteiger partial charge in [-0.25, -0.2) is 0 Å². The molecule has 24 heavy (non-hydrogen) atoms. The lowest BCUT2D eigenvalue weighted by Crippen LogP contribution is -2.58. The molecule has 2 aliphatic heterocycles. The molecule has 0 radical (unpaired) electrons. The summed E-state index contributed by atoms with van der Waals surface area (Å²) in [5, 5.41) is 0. The summed E-state index contributed by atoms with van der Waals surface area (Å²) in [4.78, 5) is 28.7. The van der Waals surface area contributed by atoms with Gasteiger partial charge in [-0.3, -0.25) is 9.59 Å². The van der Waals surface area contributed by atoms with E-state index in [0.29, 0.717) is 31.4 Å². The number of hydrogen-bond acceptors (Lipinski definition) is 3. The van der Waals surface area contributed by atoms with Crippen LogP contribution in [0.2, 0.25) is 0 Å². The summed E-state index contributed by atoms with van der Waals surface area (Å²) in [5.41, 5.74) is -0.236. The van der Waals surface area contributed by atoms with E-state index in [0.717, 1.165) is 51.7 Å². The molecule has 3 fully saturated rings. The molecule has 5 heteroatoms. The summed E-state index contributed by atoms with van der Waals surface area (Å²) in [5.74, 6) is 1.39. The Bertz CT molecular complexity index is 497. The molecule has 0 aromatic rings. The van der Waals surface area contributed by atoms with Gasteiger partial charge in [0.05, 0.1) is 12.2 Å². The molecule has 2 amide bonds. The number of rotatable bonds is 5. The SMILES string of the molecule is C=CCCC(=O)N1CCC2(CC1)CN(C(=O)[C@@H]1C[C@H]1CC)CCO2. The van der Waals surface area contributed by atoms with Crippen molar-refractivity contribution in [2.45, 2.75) is 51.0 Å². The maximum absolute atomic E-state index is 12.6. The molecule has 3 rings (SSSR count). The van der Waals surface area contributed by atoms with Crippen molar-refractivity contribution in [3.05, 3.63) is 12.7 Å². The molecule has 1 spiro atoms. The molecule has 2 heterocycles. The first kappa shape index (κ1) is 17.5. The molecule has 134 valence electrons. The van der Waals surface area contributed by atoms with Crippen LogP contribution in [0.15, 0.2) is 12.7 Å². The van der Waals surface area contributed by atoms with Gasteiger partial charge in [-0.05, 0) is 31.6 Å². The van der Waals surface area contributed by atoms with Gasteiger partial charge in [0.2, 0.25) is 11.8 Å². The minimum Gasteiger partial charge on any atom is -0.371 e. The molecule has 0 unspecified atom stereocenters. The van der Waals surface area contributed by atoms with Crippen molar-refractivity contribution in [1.82, 2.24) is 9.80 Å². The van der Waals surface area contributed by atoms with Crippen LogP contribution in [0, 0.1) is 11.8 Å². The lowest BCUT2D eigenvalue weighted by Gasteiger charge is -2.47. The molecular weight excluding hydrogens is 304 g/mol. The molecule has 0 bridgehead atoms. The highest BCUT2D eigenvalue weighted by molar-refractivity contribution is 5.82. The minimum atomic E-state index is -0.236. The van der Waals surface area contributed by atoms with Crippen LogP contribution in [0.5, 0.6) is 0 Å². The van der Waals surface area contributed by atoms with E-state index in [-0.39, 0.29) is 17.4 Å². The zero-order valence-corrected chi connectivity index (χ0v) is 14.8. The third kappa shape index (κ3) is 3.66. The standard InChI is InChI=1S/C19H30N2O3/c1-3-5-6-17(22)20-9-7-19(8-10-20)14-21(11-12-24-19)18(23)16-13-15(16)4-2/h3,15-16H,1,4-14H2,2H3/t15-,16-/m1/s1. The highest BCUT2D eigenvalue weighted by Crippen LogP contribution is 2.43. The Morgan fingerprint density at radius 1 is 1.25 bits per heavy atom. The van der Waals surface area contributed by atoms with Crippen molar-refractivity contribution in [2.75, 3.05) is 32.8 Å². The quantitative estimate of drug-likeness (QED) is 0.725. The van der Waals surface area contributed by atoms with Crippen LogP contribution in [0.4, 0.5) is 0 Å². The van der Waals surface area contributed by atoms with E-state index in [1.165, 1.54) is 0 Å². The second kappa shape index (κ2) is 7.26. The summed E-state index contributed by atoms with van der Waals surface area (Å²) in [7, 11) is 0. The highest BCUT2D eigenvalue weighted by Gasteiger charge is 2.47. The summed E-state index contributed by atoms with van der Waals surface area (Å²) in [6.45, 7) is 9.35. The fourth-order valence-corrected chi connectivity index (χ4v) is 4.12.